The number of nitrogens with zero attached hydrogens (tertiary/aromatic N) is 3. The van der Waals surface area contributed by atoms with Crippen LogP contribution in [0.2, 0.25) is 0 Å². The summed E-state index contributed by atoms with van der Waals surface area (Å²) in [5.74, 6) is -0.565. The van der Waals surface area contributed by atoms with Crippen molar-refractivity contribution in [1.82, 2.24) is 14.1 Å². The first kappa shape index (κ1) is 18.8. The second-order valence-electron chi connectivity index (χ2n) is 6.82. The Morgan fingerprint density at radius 1 is 1.07 bits per heavy atom. The molecule has 1 amide bonds. The molecule has 2 aromatic carbocycles. The maximum Gasteiger partial charge on any atom is 0.330 e. The van der Waals surface area contributed by atoms with E-state index >= 15 is 0 Å². The summed E-state index contributed by atoms with van der Waals surface area (Å²) in [4.78, 5) is 41.1. The van der Waals surface area contributed by atoms with Crippen LogP contribution in [0.1, 0.15) is 15.9 Å². The van der Waals surface area contributed by atoms with Crippen molar-refractivity contribution in [3.05, 3.63) is 80.6 Å². The topological polar surface area (TPSA) is 86.0 Å². The molecule has 0 atom stereocenters. The molecule has 29 heavy (non-hydrogen) atoms. The molecule has 0 aliphatic carbocycles. The first-order valence-electron chi connectivity index (χ1n) is 8.89. The summed E-state index contributed by atoms with van der Waals surface area (Å²) < 4.78 is 3.24. The van der Waals surface area contributed by atoms with Crippen LogP contribution in [0.5, 0.6) is 0 Å². The van der Waals surface area contributed by atoms with Crippen LogP contribution < -0.4 is 16.6 Å². The van der Waals surface area contributed by atoms with E-state index in [1.165, 1.54) is 30.4 Å². The van der Waals surface area contributed by atoms with E-state index in [1.807, 2.05) is 31.2 Å². The summed E-state index contributed by atoms with van der Waals surface area (Å²) in [6.07, 6.45) is 1.25. The van der Waals surface area contributed by atoms with Crippen molar-refractivity contribution < 1.29 is 4.79 Å². The van der Waals surface area contributed by atoms with Gasteiger partial charge in [0.05, 0.1) is 10.2 Å². The maximum atomic E-state index is 12.5. The maximum absolute atomic E-state index is 12.5. The minimum Gasteiger partial charge on any atom is -0.322 e. The molecule has 2 heterocycles. The number of fused-ring (bicyclic) bond motifs is 1. The molecule has 0 unspecified atom stereocenters. The van der Waals surface area contributed by atoms with E-state index in [2.05, 4.69) is 16.4 Å². The number of aryl methyl sites for hydroxylation is 2. The van der Waals surface area contributed by atoms with E-state index in [-0.39, 0.29) is 5.56 Å². The van der Waals surface area contributed by atoms with Gasteiger partial charge in [-0.25, -0.2) is 9.78 Å². The Hall–Kier alpha value is -3.52. The van der Waals surface area contributed by atoms with Gasteiger partial charge in [0.15, 0.2) is 0 Å². The van der Waals surface area contributed by atoms with Crippen LogP contribution in [0.25, 0.3) is 20.8 Å². The molecule has 0 saturated heterocycles. The van der Waals surface area contributed by atoms with Crippen molar-refractivity contribution in [2.75, 3.05) is 5.32 Å². The van der Waals surface area contributed by atoms with Crippen LogP contribution >= 0.6 is 11.3 Å². The van der Waals surface area contributed by atoms with Crippen molar-refractivity contribution in [3.8, 4) is 10.6 Å². The summed E-state index contributed by atoms with van der Waals surface area (Å²) in [5.41, 5.74) is 2.43. The van der Waals surface area contributed by atoms with Crippen molar-refractivity contribution in [3.63, 3.8) is 0 Å². The largest absolute Gasteiger partial charge is 0.330 e. The molecule has 0 bridgehead atoms. The zero-order valence-corrected chi connectivity index (χ0v) is 16.9. The number of hydrogen-bond acceptors (Lipinski definition) is 5. The predicted octanol–water partition coefficient (Wildman–Crippen LogP) is 2.92. The molecule has 4 rings (SSSR count). The molecule has 8 heteroatoms. The fourth-order valence-corrected chi connectivity index (χ4v) is 4.08. The molecule has 146 valence electrons. The van der Waals surface area contributed by atoms with Gasteiger partial charge in [0, 0.05) is 31.5 Å². The second-order valence-corrected chi connectivity index (χ2v) is 7.85. The molecule has 2 aromatic heterocycles. The Morgan fingerprint density at radius 3 is 2.52 bits per heavy atom. The van der Waals surface area contributed by atoms with E-state index in [4.69, 9.17) is 0 Å². The average molecular weight is 406 g/mol. The zero-order valence-electron chi connectivity index (χ0n) is 16.1. The number of carbonyl (C=O) groups is 1. The summed E-state index contributed by atoms with van der Waals surface area (Å²) in [5, 5.41) is 3.60. The molecule has 0 aliphatic rings. The summed E-state index contributed by atoms with van der Waals surface area (Å²) >= 11 is 1.61. The lowest BCUT2D eigenvalue weighted by Gasteiger charge is -2.08. The highest BCUT2D eigenvalue weighted by Gasteiger charge is 2.15. The van der Waals surface area contributed by atoms with E-state index in [0.717, 1.165) is 25.4 Å². The molecule has 0 aliphatic heterocycles. The van der Waals surface area contributed by atoms with Gasteiger partial charge in [-0.1, -0.05) is 6.07 Å². The van der Waals surface area contributed by atoms with Gasteiger partial charge < -0.3 is 9.88 Å². The Labute approximate surface area is 169 Å². The SMILES string of the molecule is Cc1ccc2nc(-c3ccc(NC(=O)c4cn(C)c(=O)n(C)c4=O)cc3)sc2c1. The fourth-order valence-electron chi connectivity index (χ4n) is 3.01. The van der Waals surface area contributed by atoms with Crippen molar-refractivity contribution >= 4 is 33.1 Å². The highest BCUT2D eigenvalue weighted by atomic mass is 32.1. The van der Waals surface area contributed by atoms with Gasteiger partial charge in [-0.3, -0.25) is 14.2 Å². The average Bonchev–Trinajstić information content (AvgIpc) is 3.12. The molecule has 4 aromatic rings. The fraction of sp³-hybridized carbons (Fsp3) is 0.143. The standard InChI is InChI=1S/C21H18N4O3S/c1-12-4-9-16-17(10-12)29-19(23-16)13-5-7-14(8-6-13)22-18(26)15-11-24(2)21(28)25(3)20(15)27/h4-11H,1-3H3,(H,22,26). The molecule has 0 saturated carbocycles. The van der Waals surface area contributed by atoms with Crippen LogP contribution in [0, 0.1) is 6.92 Å². The number of nitrogens with one attached hydrogen (secondary N) is 1. The lowest BCUT2D eigenvalue weighted by molar-refractivity contribution is 0.102. The Morgan fingerprint density at radius 2 is 1.79 bits per heavy atom. The molecular weight excluding hydrogens is 388 g/mol. The Kier molecular flexibility index (Phi) is 4.63. The molecule has 0 radical (unpaired) electrons. The van der Waals surface area contributed by atoms with Gasteiger partial charge in [-0.15, -0.1) is 11.3 Å². The van der Waals surface area contributed by atoms with Gasteiger partial charge in [0.25, 0.3) is 11.5 Å². The molecule has 7 nitrogen and oxygen atoms in total. The Balaban J connectivity index is 1.59. The van der Waals surface area contributed by atoms with E-state index in [9.17, 15) is 14.4 Å². The van der Waals surface area contributed by atoms with Crippen molar-refractivity contribution in [2.24, 2.45) is 14.1 Å². The van der Waals surface area contributed by atoms with Gasteiger partial charge in [0.2, 0.25) is 0 Å². The van der Waals surface area contributed by atoms with Crippen LogP contribution in [0.4, 0.5) is 5.69 Å². The number of thiazole rings is 1. The minimum atomic E-state index is -0.632. The quantitative estimate of drug-likeness (QED) is 0.567. The third kappa shape index (κ3) is 3.50. The highest BCUT2D eigenvalue weighted by Crippen LogP contribution is 2.31. The van der Waals surface area contributed by atoms with Crippen molar-refractivity contribution in [2.45, 2.75) is 6.92 Å². The predicted molar refractivity (Wildman–Crippen MR) is 115 cm³/mol. The second kappa shape index (κ2) is 7.14. The highest BCUT2D eigenvalue weighted by molar-refractivity contribution is 7.21. The van der Waals surface area contributed by atoms with E-state index in [1.54, 1.807) is 23.5 Å². The lowest BCUT2D eigenvalue weighted by atomic mass is 10.2. The van der Waals surface area contributed by atoms with Crippen LogP contribution in [0.3, 0.4) is 0 Å². The van der Waals surface area contributed by atoms with Crippen LogP contribution in [0.15, 0.2) is 58.3 Å². The number of amides is 1. The third-order valence-corrected chi connectivity index (χ3v) is 5.69. The van der Waals surface area contributed by atoms with E-state index in [0.29, 0.717) is 5.69 Å². The van der Waals surface area contributed by atoms with Gasteiger partial charge >= 0.3 is 5.69 Å². The van der Waals surface area contributed by atoms with Gasteiger partial charge in [-0.2, -0.15) is 0 Å². The number of carbonyl (C=O) groups excluding carboxylic acids is 1. The monoisotopic (exact) mass is 406 g/mol. The molecule has 0 fully saturated rings. The summed E-state index contributed by atoms with van der Waals surface area (Å²) in [6.45, 7) is 2.05. The van der Waals surface area contributed by atoms with Crippen LogP contribution in [-0.4, -0.2) is 20.0 Å². The number of anilines is 1. The number of rotatable bonds is 3. The molecule has 1 N–H and O–H groups in total. The van der Waals surface area contributed by atoms with E-state index < -0.39 is 17.2 Å². The summed E-state index contributed by atoms with van der Waals surface area (Å²) in [7, 11) is 2.84. The molecule has 0 spiro atoms. The molecular formula is C21H18N4O3S. The lowest BCUT2D eigenvalue weighted by Crippen LogP contribution is -2.40. The smallest absolute Gasteiger partial charge is 0.322 e. The Bertz CT molecular complexity index is 1360. The van der Waals surface area contributed by atoms with Crippen molar-refractivity contribution in [1.29, 1.82) is 0 Å². The first-order valence-corrected chi connectivity index (χ1v) is 9.71. The number of hydrogen-bond donors (Lipinski definition) is 1. The first-order chi connectivity index (χ1) is 13.8. The van der Waals surface area contributed by atoms with Crippen LogP contribution in [-0.2, 0) is 14.1 Å². The normalized spacial score (nSPS) is 11.0. The number of benzene rings is 2. The third-order valence-electron chi connectivity index (χ3n) is 4.62. The van der Waals surface area contributed by atoms with Gasteiger partial charge in [-0.05, 0) is 48.9 Å². The zero-order chi connectivity index (χ0) is 20.7. The van der Waals surface area contributed by atoms with Gasteiger partial charge in [0.1, 0.15) is 10.6 Å². The minimum absolute atomic E-state index is 0.0970. The summed E-state index contributed by atoms with van der Waals surface area (Å²) in [6, 6.07) is 13.4. The number of aromatic nitrogens is 3.